The van der Waals surface area contributed by atoms with Gasteiger partial charge in [-0.3, -0.25) is 0 Å². The van der Waals surface area contributed by atoms with Gasteiger partial charge in [0.15, 0.2) is 0 Å². The first-order valence-electron chi connectivity index (χ1n) is 5.74. The fraction of sp³-hybridized carbons (Fsp3) is 0.333. The first kappa shape index (κ1) is 10.2. The van der Waals surface area contributed by atoms with E-state index in [0.717, 1.165) is 5.92 Å². The molecule has 1 fully saturated rings. The molecule has 0 atom stereocenters. The van der Waals surface area contributed by atoms with Crippen LogP contribution in [0, 0.1) is 0 Å². The molecule has 1 saturated carbocycles. The van der Waals surface area contributed by atoms with Gasteiger partial charge >= 0.3 is 0 Å². The largest absolute Gasteiger partial charge is 0.0984 e. The topological polar surface area (TPSA) is 0 Å². The molecule has 0 amide bonds. The van der Waals surface area contributed by atoms with Crippen LogP contribution in [0.2, 0.25) is 0 Å². The third-order valence-electron chi connectivity index (χ3n) is 3.38. The van der Waals surface area contributed by atoms with Crippen molar-refractivity contribution in [3.05, 3.63) is 48.0 Å². The Labute approximate surface area is 92.3 Å². The fourth-order valence-electron chi connectivity index (χ4n) is 2.47. The second-order valence-corrected chi connectivity index (χ2v) is 4.28. The molecule has 1 aliphatic carbocycles. The highest BCUT2D eigenvalue weighted by Gasteiger charge is 2.17. The van der Waals surface area contributed by atoms with Crippen molar-refractivity contribution in [3.63, 3.8) is 0 Å². The highest BCUT2D eigenvalue weighted by molar-refractivity contribution is 5.64. The van der Waals surface area contributed by atoms with E-state index in [2.05, 4.69) is 31.4 Å². The van der Waals surface area contributed by atoms with Crippen molar-refractivity contribution < 1.29 is 0 Å². The van der Waals surface area contributed by atoms with Crippen molar-refractivity contribution in [1.29, 1.82) is 0 Å². The summed E-state index contributed by atoms with van der Waals surface area (Å²) in [6.07, 6.45) is 9.30. The monoisotopic (exact) mass is 198 g/mol. The standard InChI is InChI=1S/C15H18/c1-3-12-9-10-15(11-13(12)4-2)14-7-5-6-8-14/h3-4,9-11,14H,1-2,5-8H2. The van der Waals surface area contributed by atoms with Gasteiger partial charge in [-0.1, -0.05) is 56.4 Å². The van der Waals surface area contributed by atoms with Gasteiger partial charge < -0.3 is 0 Å². The fourth-order valence-corrected chi connectivity index (χ4v) is 2.47. The van der Waals surface area contributed by atoms with Gasteiger partial charge in [0.05, 0.1) is 0 Å². The molecule has 1 aromatic carbocycles. The van der Waals surface area contributed by atoms with E-state index in [-0.39, 0.29) is 0 Å². The van der Waals surface area contributed by atoms with Gasteiger partial charge in [-0.15, -0.1) is 0 Å². The molecule has 78 valence electrons. The molecule has 0 saturated heterocycles. The minimum absolute atomic E-state index is 0.780. The molecule has 0 aliphatic heterocycles. The molecule has 0 heterocycles. The van der Waals surface area contributed by atoms with Crippen LogP contribution in [0.4, 0.5) is 0 Å². The Bertz CT molecular complexity index is 368. The molecule has 1 aromatic rings. The van der Waals surface area contributed by atoms with Crippen molar-refractivity contribution in [1.82, 2.24) is 0 Å². The summed E-state index contributed by atoms with van der Waals surface area (Å²) in [6, 6.07) is 6.69. The lowest BCUT2D eigenvalue weighted by atomic mass is 9.94. The zero-order valence-corrected chi connectivity index (χ0v) is 9.21. The van der Waals surface area contributed by atoms with Gasteiger partial charge in [0.25, 0.3) is 0 Å². The average Bonchev–Trinajstić information content (AvgIpc) is 2.81. The van der Waals surface area contributed by atoms with Crippen molar-refractivity contribution in [2.75, 3.05) is 0 Å². The van der Waals surface area contributed by atoms with E-state index >= 15 is 0 Å². The second-order valence-electron chi connectivity index (χ2n) is 4.28. The van der Waals surface area contributed by atoms with E-state index in [9.17, 15) is 0 Å². The summed E-state index contributed by atoms with van der Waals surface area (Å²) in [5.41, 5.74) is 3.88. The van der Waals surface area contributed by atoms with Crippen LogP contribution in [0.1, 0.15) is 48.3 Å². The maximum absolute atomic E-state index is 3.86. The SMILES string of the molecule is C=Cc1ccc(C2CCCC2)cc1C=C. The molecule has 0 unspecified atom stereocenters. The third kappa shape index (κ3) is 2.04. The summed E-state index contributed by atoms with van der Waals surface area (Å²) >= 11 is 0. The van der Waals surface area contributed by atoms with Crippen LogP contribution in [0.3, 0.4) is 0 Å². The number of hydrogen-bond donors (Lipinski definition) is 0. The Morgan fingerprint density at radius 3 is 2.27 bits per heavy atom. The van der Waals surface area contributed by atoms with Gasteiger partial charge in [-0.25, -0.2) is 0 Å². The van der Waals surface area contributed by atoms with E-state index in [1.165, 1.54) is 42.4 Å². The number of rotatable bonds is 3. The Hall–Kier alpha value is -1.30. The molecule has 0 N–H and O–H groups in total. The molecule has 0 aromatic heterocycles. The van der Waals surface area contributed by atoms with E-state index in [0.29, 0.717) is 0 Å². The quantitative estimate of drug-likeness (QED) is 0.664. The smallest absolute Gasteiger partial charge is 0.0162 e. The van der Waals surface area contributed by atoms with Crippen LogP contribution in [0.5, 0.6) is 0 Å². The summed E-state index contributed by atoms with van der Waals surface area (Å²) in [7, 11) is 0. The Morgan fingerprint density at radius 1 is 1.00 bits per heavy atom. The summed E-state index contributed by atoms with van der Waals surface area (Å²) in [5, 5.41) is 0. The van der Waals surface area contributed by atoms with Crippen molar-refractivity contribution in [2.45, 2.75) is 31.6 Å². The van der Waals surface area contributed by atoms with E-state index < -0.39 is 0 Å². The molecule has 2 rings (SSSR count). The van der Waals surface area contributed by atoms with Gasteiger partial charge in [0.2, 0.25) is 0 Å². The third-order valence-corrected chi connectivity index (χ3v) is 3.38. The zero-order valence-electron chi connectivity index (χ0n) is 9.21. The van der Waals surface area contributed by atoms with Crippen molar-refractivity contribution in [3.8, 4) is 0 Å². The van der Waals surface area contributed by atoms with Gasteiger partial charge in [0.1, 0.15) is 0 Å². The van der Waals surface area contributed by atoms with Crippen LogP contribution < -0.4 is 0 Å². The molecule has 0 bridgehead atoms. The molecule has 0 heteroatoms. The van der Waals surface area contributed by atoms with Gasteiger partial charge in [-0.05, 0) is 35.4 Å². The van der Waals surface area contributed by atoms with E-state index in [1.807, 2.05) is 12.2 Å². The van der Waals surface area contributed by atoms with Crippen LogP contribution in [-0.2, 0) is 0 Å². The maximum Gasteiger partial charge on any atom is -0.0162 e. The highest BCUT2D eigenvalue weighted by Crippen LogP contribution is 2.35. The van der Waals surface area contributed by atoms with E-state index in [1.54, 1.807) is 0 Å². The predicted octanol–water partition coefficient (Wildman–Crippen LogP) is 4.63. The Balaban J connectivity index is 2.33. The lowest BCUT2D eigenvalue weighted by molar-refractivity contribution is 0.723. The Kier molecular flexibility index (Phi) is 3.05. The predicted molar refractivity (Wildman–Crippen MR) is 67.8 cm³/mol. The lowest BCUT2D eigenvalue weighted by Gasteiger charge is -2.11. The molecule has 0 radical (unpaired) electrons. The normalized spacial score (nSPS) is 16.5. The summed E-state index contributed by atoms with van der Waals surface area (Å²) in [4.78, 5) is 0. The van der Waals surface area contributed by atoms with Gasteiger partial charge in [0, 0.05) is 0 Å². The summed E-state index contributed by atoms with van der Waals surface area (Å²) in [6.45, 7) is 7.68. The average molecular weight is 198 g/mol. The van der Waals surface area contributed by atoms with E-state index in [4.69, 9.17) is 0 Å². The second kappa shape index (κ2) is 4.48. The highest BCUT2D eigenvalue weighted by atomic mass is 14.2. The molecular formula is C15H18. The molecule has 15 heavy (non-hydrogen) atoms. The number of hydrogen-bond acceptors (Lipinski definition) is 0. The van der Waals surface area contributed by atoms with Crippen LogP contribution in [0.15, 0.2) is 31.4 Å². The minimum Gasteiger partial charge on any atom is -0.0984 e. The summed E-state index contributed by atoms with van der Waals surface area (Å²) in [5.74, 6) is 0.780. The molecule has 0 nitrogen and oxygen atoms in total. The van der Waals surface area contributed by atoms with Crippen LogP contribution in [-0.4, -0.2) is 0 Å². The molecule has 0 spiro atoms. The van der Waals surface area contributed by atoms with Crippen LogP contribution >= 0.6 is 0 Å². The van der Waals surface area contributed by atoms with Gasteiger partial charge in [-0.2, -0.15) is 0 Å². The summed E-state index contributed by atoms with van der Waals surface area (Å²) < 4.78 is 0. The lowest BCUT2D eigenvalue weighted by Crippen LogP contribution is -1.93. The molecule has 1 aliphatic rings. The zero-order chi connectivity index (χ0) is 10.7. The minimum atomic E-state index is 0.780. The number of benzene rings is 1. The van der Waals surface area contributed by atoms with Crippen molar-refractivity contribution in [2.24, 2.45) is 0 Å². The first-order chi connectivity index (χ1) is 7.35. The molecular weight excluding hydrogens is 180 g/mol. The van der Waals surface area contributed by atoms with Crippen molar-refractivity contribution >= 4 is 12.2 Å². The first-order valence-corrected chi connectivity index (χ1v) is 5.74. The maximum atomic E-state index is 3.86. The Morgan fingerprint density at radius 2 is 1.67 bits per heavy atom. The van der Waals surface area contributed by atoms with Crippen LogP contribution in [0.25, 0.3) is 12.2 Å².